The average molecular weight is 248 g/mol. The Morgan fingerprint density at radius 3 is 2.31 bits per heavy atom. The lowest BCUT2D eigenvalue weighted by Gasteiger charge is -2.25. The van der Waals surface area contributed by atoms with Crippen molar-refractivity contribution in [2.24, 2.45) is 0 Å². The predicted octanol–water partition coefficient (Wildman–Crippen LogP) is -1.23. The highest BCUT2D eigenvalue weighted by Crippen LogP contribution is 2.01. The smallest absolute Gasteiger partial charge is 0.243 e. The SMILES string of the molecule is CCS(=O)(=O)CCCN1C(=O)CNCC1=O. The second-order valence-electron chi connectivity index (χ2n) is 3.63. The predicted molar refractivity (Wildman–Crippen MR) is 58.5 cm³/mol. The summed E-state index contributed by atoms with van der Waals surface area (Å²) in [6.07, 6.45) is 0.313. The molecule has 1 aliphatic rings. The van der Waals surface area contributed by atoms with Crippen LogP contribution in [0, 0.1) is 0 Å². The number of carbonyl (C=O) groups excluding carboxylic acids is 2. The van der Waals surface area contributed by atoms with Crippen LogP contribution in [0.15, 0.2) is 0 Å². The van der Waals surface area contributed by atoms with Gasteiger partial charge in [0.2, 0.25) is 11.8 Å². The Bertz CT molecular complexity index is 361. The van der Waals surface area contributed by atoms with Crippen molar-refractivity contribution in [2.45, 2.75) is 13.3 Å². The van der Waals surface area contributed by atoms with E-state index in [0.29, 0.717) is 6.42 Å². The molecule has 0 saturated carbocycles. The van der Waals surface area contributed by atoms with Crippen molar-refractivity contribution in [1.82, 2.24) is 10.2 Å². The summed E-state index contributed by atoms with van der Waals surface area (Å²) >= 11 is 0. The normalized spacial score (nSPS) is 17.9. The zero-order valence-corrected chi connectivity index (χ0v) is 10.0. The molecule has 1 fully saturated rings. The van der Waals surface area contributed by atoms with Gasteiger partial charge >= 0.3 is 0 Å². The van der Waals surface area contributed by atoms with Crippen LogP contribution in [0.1, 0.15) is 13.3 Å². The minimum atomic E-state index is -3.02. The van der Waals surface area contributed by atoms with E-state index in [2.05, 4.69) is 5.32 Å². The van der Waals surface area contributed by atoms with Crippen molar-refractivity contribution in [2.75, 3.05) is 31.1 Å². The Kier molecular flexibility index (Phi) is 4.43. The summed E-state index contributed by atoms with van der Waals surface area (Å²) in [5.74, 6) is -0.458. The van der Waals surface area contributed by atoms with E-state index in [-0.39, 0.29) is 43.0 Å². The lowest BCUT2D eigenvalue weighted by molar-refractivity contribution is -0.146. The third-order valence-corrected chi connectivity index (χ3v) is 4.22. The van der Waals surface area contributed by atoms with Gasteiger partial charge in [-0.25, -0.2) is 8.42 Å². The molecule has 1 N–H and O–H groups in total. The molecule has 6 nitrogen and oxygen atoms in total. The molecule has 0 radical (unpaired) electrons. The van der Waals surface area contributed by atoms with Crippen LogP contribution in [0.5, 0.6) is 0 Å². The number of sulfone groups is 1. The number of nitrogens with zero attached hydrogens (tertiary/aromatic N) is 1. The molecular formula is C9H16N2O4S. The molecule has 7 heteroatoms. The van der Waals surface area contributed by atoms with Crippen molar-refractivity contribution >= 4 is 21.7 Å². The van der Waals surface area contributed by atoms with Gasteiger partial charge in [-0.05, 0) is 6.42 Å². The molecule has 0 aromatic heterocycles. The largest absolute Gasteiger partial charge is 0.300 e. The van der Waals surface area contributed by atoms with E-state index in [9.17, 15) is 18.0 Å². The summed E-state index contributed by atoms with van der Waals surface area (Å²) in [7, 11) is -3.02. The number of nitrogens with one attached hydrogen (secondary N) is 1. The van der Waals surface area contributed by atoms with Gasteiger partial charge in [-0.3, -0.25) is 19.8 Å². The number of rotatable bonds is 5. The zero-order chi connectivity index (χ0) is 12.2. The van der Waals surface area contributed by atoms with Crippen LogP contribution in [0.4, 0.5) is 0 Å². The van der Waals surface area contributed by atoms with Gasteiger partial charge in [-0.15, -0.1) is 0 Å². The fourth-order valence-corrected chi connectivity index (χ4v) is 2.30. The summed E-state index contributed by atoms with van der Waals surface area (Å²) in [6, 6.07) is 0. The Morgan fingerprint density at radius 2 is 1.81 bits per heavy atom. The van der Waals surface area contributed by atoms with E-state index in [1.54, 1.807) is 6.92 Å². The first-order valence-electron chi connectivity index (χ1n) is 5.20. The first kappa shape index (κ1) is 13.1. The van der Waals surface area contributed by atoms with Gasteiger partial charge in [0.05, 0.1) is 18.8 Å². The molecule has 0 bridgehead atoms. The number of amides is 2. The van der Waals surface area contributed by atoms with Gasteiger partial charge in [0, 0.05) is 12.3 Å². The lowest BCUT2D eigenvalue weighted by atomic mass is 10.3. The van der Waals surface area contributed by atoms with Gasteiger partial charge < -0.3 is 0 Å². The molecule has 0 aromatic rings. The maximum absolute atomic E-state index is 11.3. The van der Waals surface area contributed by atoms with Crippen molar-refractivity contribution in [3.63, 3.8) is 0 Å². The van der Waals surface area contributed by atoms with Crippen molar-refractivity contribution in [3.05, 3.63) is 0 Å². The van der Waals surface area contributed by atoms with Crippen LogP contribution in [-0.4, -0.2) is 56.3 Å². The molecule has 92 valence electrons. The molecule has 1 rings (SSSR count). The quantitative estimate of drug-likeness (QED) is 0.616. The molecule has 0 atom stereocenters. The van der Waals surface area contributed by atoms with E-state index < -0.39 is 9.84 Å². The molecule has 2 amide bonds. The molecule has 16 heavy (non-hydrogen) atoms. The van der Waals surface area contributed by atoms with Gasteiger partial charge in [-0.2, -0.15) is 0 Å². The van der Waals surface area contributed by atoms with Crippen LogP contribution in [0.25, 0.3) is 0 Å². The van der Waals surface area contributed by atoms with Crippen LogP contribution < -0.4 is 5.32 Å². The fourth-order valence-electron chi connectivity index (χ4n) is 1.44. The van der Waals surface area contributed by atoms with Crippen LogP contribution in [0.2, 0.25) is 0 Å². The van der Waals surface area contributed by atoms with Gasteiger partial charge in [-0.1, -0.05) is 6.92 Å². The Morgan fingerprint density at radius 1 is 1.25 bits per heavy atom. The van der Waals surface area contributed by atoms with Crippen molar-refractivity contribution in [3.8, 4) is 0 Å². The van der Waals surface area contributed by atoms with E-state index in [1.165, 1.54) is 0 Å². The average Bonchev–Trinajstić information content (AvgIpc) is 2.22. The Hall–Kier alpha value is -0.950. The van der Waals surface area contributed by atoms with E-state index >= 15 is 0 Å². The first-order chi connectivity index (χ1) is 7.46. The van der Waals surface area contributed by atoms with Crippen LogP contribution in [-0.2, 0) is 19.4 Å². The second kappa shape index (κ2) is 5.40. The van der Waals surface area contributed by atoms with E-state index in [0.717, 1.165) is 4.90 Å². The highest BCUT2D eigenvalue weighted by atomic mass is 32.2. The summed E-state index contributed by atoms with van der Waals surface area (Å²) in [5.41, 5.74) is 0. The molecule has 1 heterocycles. The van der Waals surface area contributed by atoms with E-state index in [1.807, 2.05) is 0 Å². The van der Waals surface area contributed by atoms with Crippen molar-refractivity contribution in [1.29, 1.82) is 0 Å². The molecule has 0 aromatic carbocycles. The highest BCUT2D eigenvalue weighted by Gasteiger charge is 2.25. The first-order valence-corrected chi connectivity index (χ1v) is 7.03. The van der Waals surface area contributed by atoms with Gasteiger partial charge in [0.1, 0.15) is 9.84 Å². The third kappa shape index (κ3) is 3.57. The zero-order valence-electron chi connectivity index (χ0n) is 9.23. The van der Waals surface area contributed by atoms with Crippen LogP contribution >= 0.6 is 0 Å². The van der Waals surface area contributed by atoms with Gasteiger partial charge in [0.25, 0.3) is 0 Å². The Balaban J connectivity index is 2.42. The highest BCUT2D eigenvalue weighted by molar-refractivity contribution is 7.91. The maximum Gasteiger partial charge on any atom is 0.243 e. The molecule has 1 aliphatic heterocycles. The molecule has 0 spiro atoms. The second-order valence-corrected chi connectivity index (χ2v) is 6.11. The number of piperazine rings is 1. The summed E-state index contributed by atoms with van der Waals surface area (Å²) in [4.78, 5) is 23.8. The maximum atomic E-state index is 11.3. The topological polar surface area (TPSA) is 83.6 Å². The standard InChI is InChI=1S/C9H16N2O4S/c1-2-16(14,15)5-3-4-11-8(12)6-10-7-9(11)13/h10H,2-7H2,1H3. The number of carbonyl (C=O) groups is 2. The summed E-state index contributed by atoms with van der Waals surface area (Å²) in [5, 5.41) is 2.67. The third-order valence-electron chi connectivity index (χ3n) is 2.43. The van der Waals surface area contributed by atoms with Crippen molar-refractivity contribution < 1.29 is 18.0 Å². The molecule has 0 unspecified atom stereocenters. The van der Waals surface area contributed by atoms with E-state index in [4.69, 9.17) is 0 Å². The molecule has 1 saturated heterocycles. The number of imide groups is 1. The monoisotopic (exact) mass is 248 g/mol. The number of hydrogen-bond acceptors (Lipinski definition) is 5. The van der Waals surface area contributed by atoms with Gasteiger partial charge in [0.15, 0.2) is 0 Å². The Labute approximate surface area is 94.9 Å². The fraction of sp³-hybridized carbons (Fsp3) is 0.778. The molecule has 0 aliphatic carbocycles. The lowest BCUT2D eigenvalue weighted by Crippen LogP contribution is -2.52. The number of hydrogen-bond donors (Lipinski definition) is 1. The summed E-state index contributed by atoms with van der Waals surface area (Å²) < 4.78 is 22.4. The minimum Gasteiger partial charge on any atom is -0.300 e. The summed E-state index contributed by atoms with van der Waals surface area (Å²) in [6.45, 7) is 2.06. The van der Waals surface area contributed by atoms with Crippen LogP contribution in [0.3, 0.4) is 0 Å². The molecular weight excluding hydrogens is 232 g/mol. The minimum absolute atomic E-state index is 0.0218.